The first-order chi connectivity index (χ1) is 16.0. The third kappa shape index (κ3) is 12.3. The van der Waals surface area contributed by atoms with Crippen LogP contribution in [0.25, 0.3) is 0 Å². The first-order valence-electron chi connectivity index (χ1n) is 12.8. The number of carbonyl (C=O) groups is 2. The topological polar surface area (TPSA) is 74.4 Å². The highest BCUT2D eigenvalue weighted by Crippen LogP contribution is 2.19. The van der Waals surface area contributed by atoms with Gasteiger partial charge in [-0.3, -0.25) is 24.3 Å². The Labute approximate surface area is 208 Å². The highest BCUT2D eigenvalue weighted by molar-refractivity contribution is 5.72. The molecule has 0 spiro atoms. The third-order valence-corrected chi connectivity index (χ3v) is 6.28. The van der Waals surface area contributed by atoms with Crippen molar-refractivity contribution >= 4 is 11.9 Å². The summed E-state index contributed by atoms with van der Waals surface area (Å²) in [5.74, 6) is -0.383. The molecule has 1 atom stereocenters. The Morgan fingerprint density at radius 3 is 2.09 bits per heavy atom. The van der Waals surface area contributed by atoms with E-state index in [9.17, 15) is 9.59 Å². The van der Waals surface area contributed by atoms with Crippen molar-refractivity contribution in [3.63, 3.8) is 0 Å². The summed E-state index contributed by atoms with van der Waals surface area (Å²) in [7, 11) is 1.43. The van der Waals surface area contributed by atoms with E-state index >= 15 is 0 Å². The molecule has 8 nitrogen and oxygen atoms in total. The van der Waals surface area contributed by atoms with Crippen LogP contribution in [0.3, 0.4) is 0 Å². The second-order valence-corrected chi connectivity index (χ2v) is 10.4. The minimum absolute atomic E-state index is 0.101. The van der Waals surface area contributed by atoms with Gasteiger partial charge in [-0.15, -0.1) is 0 Å². The fourth-order valence-electron chi connectivity index (χ4n) is 4.23. The molecule has 1 aliphatic rings. The van der Waals surface area contributed by atoms with Gasteiger partial charge in [0.25, 0.3) is 0 Å². The van der Waals surface area contributed by atoms with E-state index in [1.165, 1.54) is 7.11 Å². The maximum atomic E-state index is 12.6. The van der Waals surface area contributed by atoms with Gasteiger partial charge in [0.15, 0.2) is 0 Å². The molecular formula is C26H50N4O4. The van der Waals surface area contributed by atoms with Crippen LogP contribution in [0.5, 0.6) is 0 Å². The molecule has 0 aliphatic carbocycles. The molecule has 0 bridgehead atoms. The quantitative estimate of drug-likeness (QED) is 0.397. The number of methoxy groups -OCH3 is 1. The Bertz CT molecular complexity index is 633. The lowest BCUT2D eigenvalue weighted by Gasteiger charge is -2.36. The average Bonchev–Trinajstić information content (AvgIpc) is 2.74. The number of ether oxygens (including phenoxy) is 2. The molecule has 8 heteroatoms. The van der Waals surface area contributed by atoms with Crippen LogP contribution < -0.4 is 5.32 Å². The number of carbonyl (C=O) groups excluding carboxylic acids is 2. The summed E-state index contributed by atoms with van der Waals surface area (Å²) >= 11 is 0. The molecule has 1 unspecified atom stereocenters. The van der Waals surface area contributed by atoms with Crippen molar-refractivity contribution in [2.75, 3.05) is 66.0 Å². The molecule has 0 aromatic carbocycles. The van der Waals surface area contributed by atoms with Crippen molar-refractivity contribution in [3.05, 3.63) is 12.2 Å². The maximum Gasteiger partial charge on any atom is 0.320 e. The van der Waals surface area contributed by atoms with Crippen molar-refractivity contribution in [3.8, 4) is 0 Å². The van der Waals surface area contributed by atoms with E-state index in [0.29, 0.717) is 18.9 Å². The Kier molecular flexibility index (Phi) is 13.9. The molecule has 0 aromatic rings. The molecule has 1 saturated heterocycles. The number of nitrogens with one attached hydrogen (secondary N) is 1. The monoisotopic (exact) mass is 482 g/mol. The summed E-state index contributed by atoms with van der Waals surface area (Å²) in [5.41, 5.74) is 0.629. The van der Waals surface area contributed by atoms with Crippen LogP contribution in [-0.2, 0) is 19.1 Å². The molecule has 198 valence electrons. The smallest absolute Gasteiger partial charge is 0.320 e. The fraction of sp³-hybridized carbons (Fsp3) is 0.846. The molecule has 1 aliphatic heterocycles. The van der Waals surface area contributed by atoms with E-state index in [0.717, 1.165) is 64.4 Å². The number of rotatable bonds is 9. The normalized spacial score (nSPS) is 19.2. The molecule has 0 aromatic heterocycles. The van der Waals surface area contributed by atoms with Crippen LogP contribution in [0.2, 0.25) is 0 Å². The fourth-order valence-corrected chi connectivity index (χ4v) is 4.23. The number of hydrogen-bond acceptors (Lipinski definition) is 8. The van der Waals surface area contributed by atoms with Gasteiger partial charge >= 0.3 is 11.9 Å². The van der Waals surface area contributed by atoms with E-state index < -0.39 is 5.60 Å². The Morgan fingerprint density at radius 2 is 1.56 bits per heavy atom. The van der Waals surface area contributed by atoms with Crippen LogP contribution >= 0.6 is 0 Å². The third-order valence-electron chi connectivity index (χ3n) is 6.28. The van der Waals surface area contributed by atoms with Gasteiger partial charge in [0.1, 0.15) is 5.60 Å². The van der Waals surface area contributed by atoms with Crippen LogP contribution in [0.1, 0.15) is 60.8 Å². The Hall–Kier alpha value is -1.48. The van der Waals surface area contributed by atoms with Gasteiger partial charge < -0.3 is 14.8 Å². The summed E-state index contributed by atoms with van der Waals surface area (Å²) < 4.78 is 10.5. The lowest BCUT2D eigenvalue weighted by Crippen LogP contribution is -2.50. The predicted octanol–water partition coefficient (Wildman–Crippen LogP) is 2.53. The highest BCUT2D eigenvalue weighted by atomic mass is 16.6. The van der Waals surface area contributed by atoms with Crippen molar-refractivity contribution in [1.29, 1.82) is 0 Å². The van der Waals surface area contributed by atoms with Gasteiger partial charge in [-0.05, 0) is 47.5 Å². The molecule has 1 N–H and O–H groups in total. The van der Waals surface area contributed by atoms with Gasteiger partial charge in [-0.2, -0.15) is 0 Å². The van der Waals surface area contributed by atoms with Crippen molar-refractivity contribution in [2.45, 2.75) is 78.5 Å². The molecule has 1 rings (SSSR count). The summed E-state index contributed by atoms with van der Waals surface area (Å²) in [6.07, 6.45) is 1.92. The minimum Gasteiger partial charge on any atom is -0.469 e. The first-order valence-corrected chi connectivity index (χ1v) is 12.8. The standard InChI is InChI=1S/C26H50N4O4/c1-9-22(4)23(10-11-24(31)33-8)30-15-13-27-12-14-29(21(2)3)18-16-28(17-19-30)20-25(32)34-26(5,6)7/h21,23,27H,4,9-20H2,1-3,5-8H3. The lowest BCUT2D eigenvalue weighted by atomic mass is 9.99. The van der Waals surface area contributed by atoms with E-state index in [2.05, 4.69) is 47.4 Å². The van der Waals surface area contributed by atoms with E-state index in [-0.39, 0.29) is 24.5 Å². The molecule has 0 amide bonds. The van der Waals surface area contributed by atoms with Crippen molar-refractivity contribution in [2.24, 2.45) is 0 Å². The van der Waals surface area contributed by atoms with Crippen LogP contribution in [0, 0.1) is 0 Å². The van der Waals surface area contributed by atoms with E-state index in [1.54, 1.807) is 0 Å². The zero-order valence-corrected chi connectivity index (χ0v) is 22.8. The lowest BCUT2D eigenvalue weighted by molar-refractivity contribution is -0.156. The van der Waals surface area contributed by atoms with Gasteiger partial charge in [0.2, 0.25) is 0 Å². The Balaban J connectivity index is 3.01. The van der Waals surface area contributed by atoms with Gasteiger partial charge in [0.05, 0.1) is 13.7 Å². The van der Waals surface area contributed by atoms with E-state index in [4.69, 9.17) is 9.47 Å². The molecule has 1 fully saturated rings. The average molecular weight is 483 g/mol. The molecule has 0 radical (unpaired) electrons. The van der Waals surface area contributed by atoms with Crippen LogP contribution in [0.15, 0.2) is 12.2 Å². The number of nitrogens with zero attached hydrogens (tertiary/aromatic N) is 3. The summed E-state index contributed by atoms with van der Waals surface area (Å²) in [5, 5.41) is 3.58. The molecule has 0 saturated carbocycles. The van der Waals surface area contributed by atoms with E-state index in [1.807, 2.05) is 20.8 Å². The summed E-state index contributed by atoms with van der Waals surface area (Å²) in [6.45, 7) is 23.7. The van der Waals surface area contributed by atoms with Crippen molar-refractivity contribution in [1.82, 2.24) is 20.0 Å². The second kappa shape index (κ2) is 15.5. The molecule has 34 heavy (non-hydrogen) atoms. The SMILES string of the molecule is C=C(CC)C(CCC(=O)OC)N1CCNCCN(C(C)C)CCN(CC(=O)OC(C)(C)C)CC1. The van der Waals surface area contributed by atoms with Gasteiger partial charge in [-0.25, -0.2) is 0 Å². The van der Waals surface area contributed by atoms with Crippen molar-refractivity contribution < 1.29 is 19.1 Å². The second-order valence-electron chi connectivity index (χ2n) is 10.4. The zero-order valence-electron chi connectivity index (χ0n) is 22.8. The van der Waals surface area contributed by atoms with Crippen LogP contribution in [0.4, 0.5) is 0 Å². The molecular weight excluding hydrogens is 432 g/mol. The first kappa shape index (κ1) is 30.6. The highest BCUT2D eigenvalue weighted by Gasteiger charge is 2.25. The number of esters is 2. The molecule has 1 heterocycles. The largest absolute Gasteiger partial charge is 0.469 e. The summed E-state index contributed by atoms with van der Waals surface area (Å²) in [6, 6.07) is 0.546. The Morgan fingerprint density at radius 1 is 0.971 bits per heavy atom. The van der Waals surface area contributed by atoms with Gasteiger partial charge in [0, 0.05) is 70.9 Å². The zero-order chi connectivity index (χ0) is 25.7. The maximum absolute atomic E-state index is 12.6. The number of hydrogen-bond donors (Lipinski definition) is 1. The van der Waals surface area contributed by atoms with Gasteiger partial charge in [-0.1, -0.05) is 19.1 Å². The predicted molar refractivity (Wildman–Crippen MR) is 138 cm³/mol. The summed E-state index contributed by atoms with van der Waals surface area (Å²) in [4.78, 5) is 31.5. The van der Waals surface area contributed by atoms with Crippen LogP contribution in [-0.4, -0.2) is 110 Å². The minimum atomic E-state index is -0.497.